The molecule has 1 N–H and O–H groups in total. The van der Waals surface area contributed by atoms with E-state index in [0.717, 1.165) is 21.3 Å². The molecular weight excluding hydrogens is 514 g/mol. The van der Waals surface area contributed by atoms with Crippen LogP contribution in [0.5, 0.6) is 5.75 Å². The van der Waals surface area contributed by atoms with Crippen molar-refractivity contribution < 1.29 is 19.4 Å². The smallest absolute Gasteiger partial charge is 0.344 e. The molecule has 0 fully saturated rings. The topological polar surface area (TPSA) is 68.1 Å². The molecule has 0 radical (unpaired) electrons. The summed E-state index contributed by atoms with van der Waals surface area (Å²) in [5.41, 5.74) is 2.70. The van der Waals surface area contributed by atoms with Crippen LogP contribution in [0.1, 0.15) is 18.1 Å². The number of aliphatic hydroxyl groups excluding tert-OH is 1. The van der Waals surface area contributed by atoms with Crippen LogP contribution >= 0.6 is 27.7 Å². The number of hydrogen-bond donors (Lipinski definition) is 1. The van der Waals surface area contributed by atoms with Gasteiger partial charge in [0.25, 0.3) is 0 Å². The summed E-state index contributed by atoms with van der Waals surface area (Å²) in [7, 11) is 0. The maximum absolute atomic E-state index is 12.5. The largest absolute Gasteiger partial charge is 0.506 e. The van der Waals surface area contributed by atoms with E-state index in [2.05, 4.69) is 20.9 Å². The molecule has 3 aromatic carbocycles. The van der Waals surface area contributed by atoms with Gasteiger partial charge in [0.15, 0.2) is 0 Å². The van der Waals surface area contributed by atoms with Crippen molar-refractivity contribution in [2.45, 2.75) is 13.5 Å². The average molecular weight is 536 g/mol. The van der Waals surface area contributed by atoms with Crippen molar-refractivity contribution in [3.8, 4) is 5.75 Å². The average Bonchev–Trinajstić information content (AvgIpc) is 3.14. The summed E-state index contributed by atoms with van der Waals surface area (Å²) in [5.74, 6) is 0.0124. The zero-order valence-corrected chi connectivity index (χ0v) is 20.8. The van der Waals surface area contributed by atoms with E-state index in [9.17, 15) is 9.90 Å². The summed E-state index contributed by atoms with van der Waals surface area (Å²) < 4.78 is 12.0. The molecule has 0 aliphatic carbocycles. The minimum atomic E-state index is -0.595. The van der Waals surface area contributed by atoms with Gasteiger partial charge in [-0.05, 0) is 60.5 Å². The summed E-state index contributed by atoms with van der Waals surface area (Å²) in [4.78, 5) is 17.6. The molecule has 1 heterocycles. The normalized spacial score (nSPS) is 15.7. The van der Waals surface area contributed by atoms with Crippen LogP contribution < -0.4 is 4.74 Å². The van der Waals surface area contributed by atoms with Crippen molar-refractivity contribution in [3.05, 3.63) is 111 Å². The number of esters is 1. The monoisotopic (exact) mass is 535 g/mol. The van der Waals surface area contributed by atoms with Crippen molar-refractivity contribution >= 4 is 50.5 Å². The summed E-state index contributed by atoms with van der Waals surface area (Å²) in [6.07, 6.45) is 1.81. The zero-order valence-electron chi connectivity index (χ0n) is 18.4. The van der Waals surface area contributed by atoms with Crippen LogP contribution in [0.2, 0.25) is 0 Å². The van der Waals surface area contributed by atoms with Gasteiger partial charge < -0.3 is 14.6 Å². The minimum absolute atomic E-state index is 0.0800. The third-order valence-corrected chi connectivity index (χ3v) is 6.40. The number of rotatable bonds is 7. The maximum atomic E-state index is 12.5. The Bertz CT molecular complexity index is 1250. The lowest BCUT2D eigenvalue weighted by Gasteiger charge is -2.07. The lowest BCUT2D eigenvalue weighted by Crippen LogP contribution is -2.12. The Kier molecular flexibility index (Phi) is 7.87. The van der Waals surface area contributed by atoms with Crippen molar-refractivity contribution in [1.29, 1.82) is 0 Å². The number of para-hydroxylation sites is 1. The maximum Gasteiger partial charge on any atom is 0.344 e. The van der Waals surface area contributed by atoms with Gasteiger partial charge in [-0.2, -0.15) is 0 Å². The molecule has 34 heavy (non-hydrogen) atoms. The highest BCUT2D eigenvalue weighted by molar-refractivity contribution is 9.10. The number of ether oxygens (including phenoxy) is 2. The Morgan fingerprint density at radius 1 is 1.03 bits per heavy atom. The summed E-state index contributed by atoms with van der Waals surface area (Å²) in [6.45, 7) is 2.40. The molecule has 0 saturated carbocycles. The minimum Gasteiger partial charge on any atom is -0.506 e. The number of aliphatic imine (C=N–C) groups is 1. The summed E-state index contributed by atoms with van der Waals surface area (Å²) in [5, 5.41) is 11.2. The van der Waals surface area contributed by atoms with Crippen molar-refractivity contribution in [2.75, 3.05) is 6.61 Å². The highest BCUT2D eigenvalue weighted by Crippen LogP contribution is 2.40. The number of benzene rings is 3. The fourth-order valence-corrected chi connectivity index (χ4v) is 4.47. The molecular formula is C27H22BrNO4S. The Hall–Kier alpha value is -3.29. The number of aliphatic hydroxyl groups is 1. The van der Waals surface area contributed by atoms with E-state index in [0.29, 0.717) is 22.2 Å². The molecule has 0 bridgehead atoms. The van der Waals surface area contributed by atoms with E-state index < -0.39 is 5.97 Å². The van der Waals surface area contributed by atoms with Crippen molar-refractivity contribution in [1.82, 2.24) is 0 Å². The van der Waals surface area contributed by atoms with E-state index in [1.807, 2.05) is 84.9 Å². The molecule has 0 atom stereocenters. The predicted molar refractivity (Wildman–Crippen MR) is 140 cm³/mol. The second-order valence-corrected chi connectivity index (χ2v) is 9.24. The molecule has 5 nitrogen and oxygen atoms in total. The van der Waals surface area contributed by atoms with Gasteiger partial charge in [0.1, 0.15) is 28.7 Å². The quantitative estimate of drug-likeness (QED) is 0.323. The predicted octanol–water partition coefficient (Wildman–Crippen LogP) is 7.22. The first-order chi connectivity index (χ1) is 16.5. The number of carbonyl (C=O) groups excluding carboxylic acids is 1. The van der Waals surface area contributed by atoms with Gasteiger partial charge in [-0.15, -0.1) is 0 Å². The van der Waals surface area contributed by atoms with Crippen LogP contribution in [0.4, 0.5) is 5.69 Å². The number of halogens is 1. The van der Waals surface area contributed by atoms with E-state index in [1.54, 1.807) is 6.92 Å². The van der Waals surface area contributed by atoms with E-state index in [-0.39, 0.29) is 17.9 Å². The number of carbonyl (C=O) groups is 1. The zero-order chi connectivity index (χ0) is 23.9. The number of hydrogen-bond acceptors (Lipinski definition) is 6. The fourth-order valence-electron chi connectivity index (χ4n) is 3.17. The van der Waals surface area contributed by atoms with Crippen LogP contribution in [0.25, 0.3) is 6.08 Å². The van der Waals surface area contributed by atoms with Gasteiger partial charge in [-0.3, -0.25) is 0 Å². The summed E-state index contributed by atoms with van der Waals surface area (Å²) >= 11 is 4.66. The highest BCUT2D eigenvalue weighted by Gasteiger charge is 2.33. The molecule has 0 amide bonds. The molecule has 1 aliphatic heterocycles. The molecule has 7 heteroatoms. The van der Waals surface area contributed by atoms with E-state index in [4.69, 9.17) is 9.47 Å². The van der Waals surface area contributed by atoms with Gasteiger partial charge in [0, 0.05) is 4.47 Å². The van der Waals surface area contributed by atoms with Gasteiger partial charge in [0.2, 0.25) is 0 Å². The molecule has 0 saturated heterocycles. The Balaban J connectivity index is 1.53. The van der Waals surface area contributed by atoms with E-state index >= 15 is 0 Å². The Morgan fingerprint density at radius 3 is 2.41 bits per heavy atom. The van der Waals surface area contributed by atoms with Crippen LogP contribution in [-0.4, -0.2) is 22.7 Å². The lowest BCUT2D eigenvalue weighted by molar-refractivity contribution is -0.138. The summed E-state index contributed by atoms with van der Waals surface area (Å²) in [6, 6.07) is 24.8. The van der Waals surface area contributed by atoms with Crippen molar-refractivity contribution in [2.24, 2.45) is 4.99 Å². The first-order valence-corrected chi connectivity index (χ1v) is 12.3. The molecule has 0 spiro atoms. The fraction of sp³-hybridized carbons (Fsp3) is 0.111. The molecule has 0 unspecified atom stereocenters. The molecule has 172 valence electrons. The third kappa shape index (κ3) is 5.98. The molecule has 3 aromatic rings. The number of thioether (sulfide) groups is 1. The first-order valence-electron chi connectivity index (χ1n) is 10.6. The standard InChI is InChI=1S/C27H22BrNO4S/c1-2-32-27(31)24-25(30)23(34-26(24)29-21-6-4-3-5-7-21)16-18-10-14-22(15-11-18)33-17-19-8-12-20(28)13-9-19/h3-16,30H,2,17H2,1H3/b23-16-,29-26?. The van der Waals surface area contributed by atoms with Crippen LogP contribution in [0, 0.1) is 0 Å². The molecule has 4 rings (SSSR count). The Labute approximate surface area is 211 Å². The van der Waals surface area contributed by atoms with Crippen LogP contribution in [-0.2, 0) is 16.1 Å². The highest BCUT2D eigenvalue weighted by atomic mass is 79.9. The SMILES string of the molecule is CCOC(=O)C1=C(O)/C(=C/c2ccc(OCc3ccc(Br)cc3)cc2)SC1=Nc1ccccc1. The van der Waals surface area contributed by atoms with Crippen LogP contribution in [0.15, 0.2) is 105 Å². The second-order valence-electron chi connectivity index (χ2n) is 7.29. The second kappa shape index (κ2) is 11.2. The third-order valence-electron chi connectivity index (χ3n) is 4.85. The lowest BCUT2D eigenvalue weighted by atomic mass is 10.1. The van der Waals surface area contributed by atoms with Gasteiger partial charge in [-0.25, -0.2) is 9.79 Å². The van der Waals surface area contributed by atoms with Crippen LogP contribution in [0.3, 0.4) is 0 Å². The Morgan fingerprint density at radius 2 is 1.74 bits per heavy atom. The van der Waals surface area contributed by atoms with Crippen molar-refractivity contribution in [3.63, 3.8) is 0 Å². The molecule has 1 aliphatic rings. The van der Waals surface area contributed by atoms with Gasteiger partial charge >= 0.3 is 5.97 Å². The van der Waals surface area contributed by atoms with Gasteiger partial charge in [-0.1, -0.05) is 70.2 Å². The first kappa shape index (κ1) is 23.9. The number of nitrogens with zero attached hydrogens (tertiary/aromatic N) is 1. The van der Waals surface area contributed by atoms with E-state index in [1.165, 1.54) is 11.8 Å². The van der Waals surface area contributed by atoms with Gasteiger partial charge in [0.05, 0.1) is 17.2 Å². The molecule has 0 aromatic heterocycles.